The highest BCUT2D eigenvalue weighted by Gasteiger charge is 2.20. The summed E-state index contributed by atoms with van der Waals surface area (Å²) in [6.45, 7) is 2.17. The quantitative estimate of drug-likeness (QED) is 0.745. The third-order valence-corrected chi connectivity index (χ3v) is 4.29. The summed E-state index contributed by atoms with van der Waals surface area (Å²) in [5.41, 5.74) is 2.58. The number of fused-ring (bicyclic) bond motifs is 1. The number of rotatable bonds is 2. The van der Waals surface area contributed by atoms with Crippen molar-refractivity contribution in [3.05, 3.63) is 53.6 Å². The van der Waals surface area contributed by atoms with E-state index < -0.39 is 0 Å². The Hall–Kier alpha value is -1.89. The summed E-state index contributed by atoms with van der Waals surface area (Å²) in [6.07, 6.45) is 5.96. The van der Waals surface area contributed by atoms with Crippen LogP contribution in [0.2, 0.25) is 0 Å². The van der Waals surface area contributed by atoms with Crippen LogP contribution in [0, 0.1) is 5.92 Å². The maximum Gasteiger partial charge on any atom is 0.133 e. The Morgan fingerprint density at radius 3 is 2.75 bits per heavy atom. The average molecular weight is 264 g/mol. The zero-order valence-corrected chi connectivity index (χ0v) is 11.9. The fourth-order valence-electron chi connectivity index (χ4n) is 3.09. The summed E-state index contributed by atoms with van der Waals surface area (Å²) >= 11 is 0. The molecule has 1 heteroatoms. The van der Waals surface area contributed by atoms with Crippen molar-refractivity contribution in [2.75, 3.05) is 0 Å². The number of ketones is 1. The Balaban J connectivity index is 1.86. The lowest BCUT2D eigenvalue weighted by Gasteiger charge is -2.21. The van der Waals surface area contributed by atoms with Crippen molar-refractivity contribution >= 4 is 22.6 Å². The van der Waals surface area contributed by atoms with Gasteiger partial charge >= 0.3 is 0 Å². The van der Waals surface area contributed by atoms with E-state index in [1.165, 1.54) is 21.9 Å². The van der Waals surface area contributed by atoms with Gasteiger partial charge in [-0.2, -0.15) is 0 Å². The molecule has 0 aromatic heterocycles. The van der Waals surface area contributed by atoms with E-state index in [-0.39, 0.29) is 0 Å². The Labute approximate surface area is 120 Å². The minimum absolute atomic E-state index is 0.424. The number of carbonyl (C=O) groups is 1. The van der Waals surface area contributed by atoms with E-state index >= 15 is 0 Å². The fourth-order valence-corrected chi connectivity index (χ4v) is 3.09. The molecular formula is C19H20O. The monoisotopic (exact) mass is 264 g/mol. The van der Waals surface area contributed by atoms with Gasteiger partial charge in [0.2, 0.25) is 0 Å². The van der Waals surface area contributed by atoms with Crippen molar-refractivity contribution in [3.63, 3.8) is 0 Å². The van der Waals surface area contributed by atoms with Crippen molar-refractivity contribution in [1.82, 2.24) is 0 Å². The van der Waals surface area contributed by atoms with Gasteiger partial charge in [0.05, 0.1) is 0 Å². The summed E-state index contributed by atoms with van der Waals surface area (Å²) in [5, 5.41) is 2.55. The highest BCUT2D eigenvalue weighted by atomic mass is 16.1. The molecule has 0 aliphatic heterocycles. The van der Waals surface area contributed by atoms with Gasteiger partial charge < -0.3 is 0 Å². The van der Waals surface area contributed by atoms with E-state index in [9.17, 15) is 4.79 Å². The molecule has 1 unspecified atom stereocenters. The molecule has 1 saturated carbocycles. The second kappa shape index (κ2) is 5.62. The van der Waals surface area contributed by atoms with Crippen molar-refractivity contribution < 1.29 is 4.79 Å². The SMILES string of the molecule is C/C(=C\c1ccc2ccccc2c1)C1CCCC(=O)C1. The lowest BCUT2D eigenvalue weighted by molar-refractivity contribution is -0.121. The van der Waals surface area contributed by atoms with Crippen LogP contribution in [0.15, 0.2) is 48.0 Å². The van der Waals surface area contributed by atoms with Gasteiger partial charge in [0, 0.05) is 12.8 Å². The number of hydrogen-bond donors (Lipinski definition) is 0. The maximum absolute atomic E-state index is 11.6. The lowest BCUT2D eigenvalue weighted by Crippen LogP contribution is -2.15. The Morgan fingerprint density at radius 2 is 1.95 bits per heavy atom. The molecule has 3 rings (SSSR count). The molecule has 1 aliphatic rings. The largest absolute Gasteiger partial charge is 0.300 e. The van der Waals surface area contributed by atoms with Crippen LogP contribution in [0.3, 0.4) is 0 Å². The molecule has 0 radical (unpaired) electrons. The standard InChI is InChI=1S/C19H20O/c1-14(17-7-4-8-19(20)13-17)11-15-9-10-16-5-2-3-6-18(16)12-15/h2-3,5-6,9-12,17H,4,7-8,13H2,1H3/b14-11+. The first-order valence-electron chi connectivity index (χ1n) is 7.41. The first-order valence-corrected chi connectivity index (χ1v) is 7.41. The van der Waals surface area contributed by atoms with Crippen LogP contribution in [-0.4, -0.2) is 5.78 Å². The second-order valence-corrected chi connectivity index (χ2v) is 5.83. The van der Waals surface area contributed by atoms with Crippen LogP contribution in [0.25, 0.3) is 16.8 Å². The Kier molecular flexibility index (Phi) is 3.68. The van der Waals surface area contributed by atoms with Crippen molar-refractivity contribution in [3.8, 4) is 0 Å². The molecule has 2 aromatic carbocycles. The summed E-state index contributed by atoms with van der Waals surface area (Å²) < 4.78 is 0. The number of hydrogen-bond acceptors (Lipinski definition) is 1. The molecule has 0 heterocycles. The molecule has 0 spiro atoms. The summed E-state index contributed by atoms with van der Waals surface area (Å²) in [6, 6.07) is 15.0. The van der Waals surface area contributed by atoms with E-state index in [2.05, 4.69) is 55.5 Å². The van der Waals surface area contributed by atoms with Gasteiger partial charge in [-0.05, 0) is 48.1 Å². The van der Waals surface area contributed by atoms with Crippen LogP contribution < -0.4 is 0 Å². The summed E-state index contributed by atoms with van der Waals surface area (Å²) in [5.74, 6) is 0.871. The smallest absolute Gasteiger partial charge is 0.133 e. The normalized spacial score (nSPS) is 20.4. The molecule has 102 valence electrons. The fraction of sp³-hybridized carbons (Fsp3) is 0.316. The average Bonchev–Trinajstić information content (AvgIpc) is 2.47. The highest BCUT2D eigenvalue weighted by molar-refractivity contribution is 5.85. The molecule has 0 N–H and O–H groups in total. The van der Waals surface area contributed by atoms with E-state index in [0.29, 0.717) is 11.7 Å². The second-order valence-electron chi connectivity index (χ2n) is 5.83. The molecule has 1 nitrogen and oxygen atoms in total. The number of allylic oxidation sites excluding steroid dienone is 1. The summed E-state index contributed by atoms with van der Waals surface area (Å²) in [4.78, 5) is 11.6. The van der Waals surface area contributed by atoms with Gasteiger partial charge in [-0.1, -0.05) is 48.0 Å². The molecule has 1 atom stereocenters. The van der Waals surface area contributed by atoms with Gasteiger partial charge in [0.25, 0.3) is 0 Å². The molecular weight excluding hydrogens is 244 g/mol. The zero-order valence-electron chi connectivity index (χ0n) is 11.9. The van der Waals surface area contributed by atoms with Gasteiger partial charge in [-0.3, -0.25) is 4.79 Å². The minimum atomic E-state index is 0.424. The van der Waals surface area contributed by atoms with Crippen molar-refractivity contribution in [1.29, 1.82) is 0 Å². The van der Waals surface area contributed by atoms with Crippen molar-refractivity contribution in [2.45, 2.75) is 32.6 Å². The molecule has 0 saturated heterocycles. The molecule has 1 aliphatic carbocycles. The van der Waals surface area contributed by atoms with Crippen molar-refractivity contribution in [2.24, 2.45) is 5.92 Å². The van der Waals surface area contributed by atoms with Crippen LogP contribution in [0.5, 0.6) is 0 Å². The Morgan fingerprint density at radius 1 is 1.15 bits per heavy atom. The minimum Gasteiger partial charge on any atom is -0.300 e. The number of carbonyl (C=O) groups excluding carboxylic acids is 1. The number of benzene rings is 2. The van der Waals surface area contributed by atoms with E-state index in [1.807, 2.05) is 0 Å². The molecule has 0 bridgehead atoms. The van der Waals surface area contributed by atoms with Crippen LogP contribution >= 0.6 is 0 Å². The zero-order chi connectivity index (χ0) is 13.9. The Bertz CT molecular complexity index is 666. The maximum atomic E-state index is 11.6. The third-order valence-electron chi connectivity index (χ3n) is 4.29. The molecule has 20 heavy (non-hydrogen) atoms. The van der Waals surface area contributed by atoms with Crippen LogP contribution in [-0.2, 0) is 4.79 Å². The third kappa shape index (κ3) is 2.82. The first-order chi connectivity index (χ1) is 9.72. The molecule has 2 aromatic rings. The van der Waals surface area contributed by atoms with Gasteiger partial charge in [0.1, 0.15) is 5.78 Å². The predicted octanol–water partition coefficient (Wildman–Crippen LogP) is 5.00. The lowest BCUT2D eigenvalue weighted by atomic mass is 9.83. The van der Waals surface area contributed by atoms with Gasteiger partial charge in [0.15, 0.2) is 0 Å². The van der Waals surface area contributed by atoms with Crippen LogP contribution in [0.4, 0.5) is 0 Å². The highest BCUT2D eigenvalue weighted by Crippen LogP contribution is 2.29. The topological polar surface area (TPSA) is 17.1 Å². The number of Topliss-reactive ketones (excluding diaryl/α,β-unsaturated/α-hetero) is 1. The summed E-state index contributed by atoms with van der Waals surface area (Å²) in [7, 11) is 0. The molecule has 1 fully saturated rings. The van der Waals surface area contributed by atoms with Gasteiger partial charge in [-0.25, -0.2) is 0 Å². The van der Waals surface area contributed by atoms with E-state index in [4.69, 9.17) is 0 Å². The van der Waals surface area contributed by atoms with Crippen LogP contribution in [0.1, 0.15) is 38.2 Å². The van der Waals surface area contributed by atoms with Gasteiger partial charge in [-0.15, -0.1) is 0 Å². The first kappa shape index (κ1) is 13.1. The predicted molar refractivity (Wildman–Crippen MR) is 84.6 cm³/mol. The van der Waals surface area contributed by atoms with E-state index in [1.54, 1.807) is 0 Å². The molecule has 0 amide bonds. The van der Waals surface area contributed by atoms with E-state index in [0.717, 1.165) is 25.7 Å².